The van der Waals surface area contributed by atoms with Gasteiger partial charge in [-0.05, 0) is 31.0 Å². The van der Waals surface area contributed by atoms with Crippen molar-refractivity contribution in [3.8, 4) is 0 Å². The first-order valence-corrected chi connectivity index (χ1v) is 6.21. The molecule has 4 nitrogen and oxygen atoms in total. The number of carbonyl (C=O) groups is 1. The molecule has 0 saturated heterocycles. The van der Waals surface area contributed by atoms with Gasteiger partial charge >= 0.3 is 10.2 Å². The molecule has 1 saturated carbocycles. The fraction of sp³-hybridized carbons (Fsp3) is 0.300. The van der Waals surface area contributed by atoms with Gasteiger partial charge < -0.3 is 5.32 Å². The molecule has 0 aromatic heterocycles. The fourth-order valence-corrected chi connectivity index (χ4v) is 1.79. The topological polar surface area (TPSA) is 63.2 Å². The van der Waals surface area contributed by atoms with Crippen LogP contribution in [0.4, 0.5) is 3.89 Å². The molecule has 0 atom stereocenters. The van der Waals surface area contributed by atoms with Crippen LogP contribution >= 0.6 is 0 Å². The van der Waals surface area contributed by atoms with Crippen molar-refractivity contribution in [2.24, 2.45) is 0 Å². The molecule has 1 aromatic carbocycles. The summed E-state index contributed by atoms with van der Waals surface area (Å²) >= 11 is 0. The fourth-order valence-electron chi connectivity index (χ4n) is 1.29. The smallest absolute Gasteiger partial charge is 0.332 e. The summed E-state index contributed by atoms with van der Waals surface area (Å²) < 4.78 is 34.0. The van der Waals surface area contributed by atoms with Crippen molar-refractivity contribution in [3.05, 3.63) is 29.8 Å². The first-order valence-electron chi connectivity index (χ1n) is 4.82. The highest BCUT2D eigenvalue weighted by atomic mass is 32.3. The molecule has 16 heavy (non-hydrogen) atoms. The van der Waals surface area contributed by atoms with Crippen LogP contribution in [-0.2, 0) is 10.2 Å². The Hall–Kier alpha value is -1.43. The number of rotatable bonds is 3. The average molecular weight is 243 g/mol. The maximum atomic E-state index is 12.7. The van der Waals surface area contributed by atoms with Crippen molar-refractivity contribution in [3.63, 3.8) is 0 Å². The van der Waals surface area contributed by atoms with Crippen molar-refractivity contribution < 1.29 is 17.1 Å². The summed E-state index contributed by atoms with van der Waals surface area (Å²) in [5.41, 5.74) is 0.158. The lowest BCUT2D eigenvalue weighted by atomic mass is 10.2. The molecule has 6 heteroatoms. The van der Waals surface area contributed by atoms with E-state index in [2.05, 4.69) is 5.32 Å². The number of hydrogen-bond donors (Lipinski definition) is 1. The number of hydrogen-bond acceptors (Lipinski definition) is 3. The Kier molecular flexibility index (Phi) is 2.67. The van der Waals surface area contributed by atoms with Gasteiger partial charge in [0.05, 0.1) is 4.90 Å². The second kappa shape index (κ2) is 3.86. The van der Waals surface area contributed by atoms with E-state index in [0.717, 1.165) is 25.0 Å². The van der Waals surface area contributed by atoms with E-state index >= 15 is 0 Å². The number of benzene rings is 1. The van der Waals surface area contributed by atoms with Crippen LogP contribution in [0.25, 0.3) is 0 Å². The third-order valence-corrected chi connectivity index (χ3v) is 3.11. The van der Waals surface area contributed by atoms with Crippen LogP contribution in [0, 0.1) is 0 Å². The molecule has 0 bridgehead atoms. The Morgan fingerprint density at radius 1 is 1.38 bits per heavy atom. The maximum Gasteiger partial charge on any atom is 0.332 e. The van der Waals surface area contributed by atoms with Crippen LogP contribution in [-0.4, -0.2) is 20.4 Å². The second-order valence-electron chi connectivity index (χ2n) is 3.71. The van der Waals surface area contributed by atoms with Crippen LogP contribution in [0.2, 0.25) is 0 Å². The zero-order valence-corrected chi connectivity index (χ0v) is 9.13. The van der Waals surface area contributed by atoms with Gasteiger partial charge in [0.2, 0.25) is 0 Å². The highest BCUT2D eigenvalue weighted by molar-refractivity contribution is 7.86. The lowest BCUT2D eigenvalue weighted by Gasteiger charge is -2.03. The molecule has 1 N–H and O–H groups in total. The van der Waals surface area contributed by atoms with Crippen molar-refractivity contribution in [2.45, 2.75) is 23.8 Å². The minimum Gasteiger partial charge on any atom is -0.349 e. The Balaban J connectivity index is 2.24. The van der Waals surface area contributed by atoms with E-state index in [1.54, 1.807) is 0 Å². The van der Waals surface area contributed by atoms with Crippen molar-refractivity contribution >= 4 is 16.1 Å². The minimum absolute atomic E-state index is 0.158. The summed E-state index contributed by atoms with van der Waals surface area (Å²) in [5, 5.41) is 2.69. The second-order valence-corrected chi connectivity index (χ2v) is 5.06. The molecule has 1 aliphatic rings. The lowest BCUT2D eigenvalue weighted by molar-refractivity contribution is 0.0951. The largest absolute Gasteiger partial charge is 0.349 e. The normalized spacial score (nSPS) is 15.8. The number of amides is 1. The summed E-state index contributed by atoms with van der Waals surface area (Å²) in [6.45, 7) is 0. The zero-order valence-electron chi connectivity index (χ0n) is 8.31. The molecule has 0 radical (unpaired) electrons. The molecular weight excluding hydrogens is 233 g/mol. The van der Waals surface area contributed by atoms with Gasteiger partial charge in [-0.1, -0.05) is 6.07 Å². The Bertz CT molecular complexity index is 523. The summed E-state index contributed by atoms with van der Waals surface area (Å²) in [7, 11) is -4.75. The van der Waals surface area contributed by atoms with Crippen molar-refractivity contribution in [1.82, 2.24) is 5.32 Å². The third kappa shape index (κ3) is 2.57. The van der Waals surface area contributed by atoms with E-state index in [4.69, 9.17) is 0 Å². The molecule has 86 valence electrons. The van der Waals surface area contributed by atoms with Crippen LogP contribution in [0.5, 0.6) is 0 Å². The monoisotopic (exact) mass is 243 g/mol. The van der Waals surface area contributed by atoms with Crippen molar-refractivity contribution in [1.29, 1.82) is 0 Å². The first-order chi connectivity index (χ1) is 7.47. The summed E-state index contributed by atoms with van der Waals surface area (Å²) in [5.74, 6) is -0.368. The average Bonchev–Trinajstić information content (AvgIpc) is 3.00. The SMILES string of the molecule is O=C(NC1CC1)c1cccc(S(=O)(=O)F)c1. The van der Waals surface area contributed by atoms with Gasteiger partial charge in [-0.3, -0.25) is 4.79 Å². The van der Waals surface area contributed by atoms with Gasteiger partial charge in [0.1, 0.15) is 0 Å². The summed E-state index contributed by atoms with van der Waals surface area (Å²) in [6.07, 6.45) is 1.87. The van der Waals surface area contributed by atoms with Gasteiger partial charge in [0, 0.05) is 11.6 Å². The molecule has 0 spiro atoms. The number of carbonyl (C=O) groups excluding carboxylic acids is 1. The van der Waals surface area contributed by atoms with E-state index < -0.39 is 15.1 Å². The standard InChI is InChI=1S/C10H10FNO3S/c11-16(14,15)9-3-1-2-7(6-9)10(13)12-8-4-5-8/h1-3,6,8H,4-5H2,(H,12,13). The van der Waals surface area contributed by atoms with Crippen LogP contribution < -0.4 is 5.32 Å². The van der Waals surface area contributed by atoms with Gasteiger partial charge in [-0.15, -0.1) is 3.89 Å². The molecule has 1 aromatic rings. The maximum absolute atomic E-state index is 12.7. The molecule has 0 aliphatic heterocycles. The highest BCUT2D eigenvalue weighted by Gasteiger charge is 2.24. The van der Waals surface area contributed by atoms with E-state index in [0.29, 0.717) is 0 Å². The zero-order chi connectivity index (χ0) is 11.8. The van der Waals surface area contributed by atoms with Crippen molar-refractivity contribution in [2.75, 3.05) is 0 Å². The molecular formula is C10H10FNO3S. The molecule has 0 unspecified atom stereocenters. The third-order valence-electron chi connectivity index (χ3n) is 2.29. The van der Waals surface area contributed by atoms with E-state index in [1.165, 1.54) is 12.1 Å². The van der Waals surface area contributed by atoms with Gasteiger partial charge in [0.25, 0.3) is 5.91 Å². The molecule has 1 fully saturated rings. The van der Waals surface area contributed by atoms with E-state index in [1.807, 2.05) is 0 Å². The van der Waals surface area contributed by atoms with Crippen LogP contribution in [0.3, 0.4) is 0 Å². The number of nitrogens with one attached hydrogen (secondary N) is 1. The quantitative estimate of drug-likeness (QED) is 0.812. The van der Waals surface area contributed by atoms with Gasteiger partial charge in [-0.2, -0.15) is 8.42 Å². The van der Waals surface area contributed by atoms with E-state index in [-0.39, 0.29) is 17.5 Å². The lowest BCUT2D eigenvalue weighted by Crippen LogP contribution is -2.25. The predicted octanol–water partition coefficient (Wildman–Crippen LogP) is 1.24. The number of halogens is 1. The highest BCUT2D eigenvalue weighted by Crippen LogP contribution is 2.20. The molecule has 0 heterocycles. The van der Waals surface area contributed by atoms with Crippen LogP contribution in [0.1, 0.15) is 23.2 Å². The first kappa shape index (κ1) is 11.1. The van der Waals surface area contributed by atoms with Gasteiger partial charge in [-0.25, -0.2) is 0 Å². The molecule has 1 amide bonds. The molecule has 2 rings (SSSR count). The summed E-state index contributed by atoms with van der Waals surface area (Å²) in [6, 6.07) is 5.12. The van der Waals surface area contributed by atoms with Gasteiger partial charge in [0.15, 0.2) is 0 Å². The Morgan fingerprint density at radius 3 is 2.62 bits per heavy atom. The predicted molar refractivity (Wildman–Crippen MR) is 55.2 cm³/mol. The summed E-state index contributed by atoms with van der Waals surface area (Å²) in [4.78, 5) is 11.1. The minimum atomic E-state index is -4.75. The van der Waals surface area contributed by atoms with Crippen LogP contribution in [0.15, 0.2) is 29.2 Å². The Morgan fingerprint density at radius 2 is 2.06 bits per heavy atom. The molecule has 1 aliphatic carbocycles. The van der Waals surface area contributed by atoms with E-state index in [9.17, 15) is 17.1 Å². The Labute approximate surface area is 92.7 Å².